The topological polar surface area (TPSA) is 64.7 Å². The molecule has 0 heterocycles. The minimum Gasteiger partial charge on any atom is -0.384 e. The largest absolute Gasteiger partial charge is 0.384 e. The molecule has 3 aromatic carbocycles. The average Bonchev–Trinajstić information content (AvgIpc) is 2.68. The highest BCUT2D eigenvalue weighted by Crippen LogP contribution is 2.21. The first-order valence-corrected chi connectivity index (χ1v) is 8.73. The molecule has 2 N–H and O–H groups in total. The van der Waals surface area contributed by atoms with Crippen LogP contribution < -0.4 is 5.73 Å². The van der Waals surface area contributed by atoms with E-state index < -0.39 is 0 Å². The summed E-state index contributed by atoms with van der Waals surface area (Å²) in [5.74, 6) is -0.456. The Labute approximate surface area is 153 Å². The summed E-state index contributed by atoms with van der Waals surface area (Å²) in [6.07, 6.45) is 1.07. The van der Waals surface area contributed by atoms with Gasteiger partial charge < -0.3 is 10.6 Å². The number of fused-ring (bicyclic) bond motifs is 1. The van der Waals surface area contributed by atoms with E-state index in [-0.39, 0.29) is 17.7 Å². The summed E-state index contributed by atoms with van der Waals surface area (Å²) in [6, 6.07) is 23.7. The molecule has 3 aromatic rings. The van der Waals surface area contributed by atoms with Crippen LogP contribution in [0.15, 0.2) is 78.0 Å². The molecule has 0 fully saturated rings. The van der Waals surface area contributed by atoms with Crippen LogP contribution in [-0.4, -0.2) is 11.8 Å². The first-order valence-electron chi connectivity index (χ1n) is 8.73. The predicted octanol–water partition coefficient (Wildman–Crippen LogP) is 4.39. The normalized spacial score (nSPS) is 12.7. The van der Waals surface area contributed by atoms with Crippen molar-refractivity contribution in [2.24, 2.45) is 10.9 Å². The van der Waals surface area contributed by atoms with E-state index in [0.29, 0.717) is 12.8 Å². The number of carbonyl (C=O) groups is 1. The van der Waals surface area contributed by atoms with Crippen LogP contribution in [0.4, 0.5) is 0 Å². The summed E-state index contributed by atoms with van der Waals surface area (Å²) in [5, 5.41) is 6.13. The third kappa shape index (κ3) is 4.09. The van der Waals surface area contributed by atoms with Crippen molar-refractivity contribution in [2.45, 2.75) is 25.7 Å². The number of oxime groups is 1. The van der Waals surface area contributed by atoms with E-state index in [2.05, 4.69) is 17.3 Å². The molecule has 26 heavy (non-hydrogen) atoms. The maximum Gasteiger partial charge on any atom is 0.342 e. The van der Waals surface area contributed by atoms with Crippen molar-refractivity contribution in [1.82, 2.24) is 0 Å². The van der Waals surface area contributed by atoms with E-state index >= 15 is 0 Å². The van der Waals surface area contributed by atoms with E-state index in [9.17, 15) is 4.79 Å². The summed E-state index contributed by atoms with van der Waals surface area (Å²) >= 11 is 0. The van der Waals surface area contributed by atoms with Gasteiger partial charge in [0.05, 0.1) is 5.92 Å². The maximum absolute atomic E-state index is 12.4. The van der Waals surface area contributed by atoms with Crippen molar-refractivity contribution in [3.8, 4) is 0 Å². The zero-order valence-electron chi connectivity index (χ0n) is 14.8. The molecular formula is C22H22N2O2. The van der Waals surface area contributed by atoms with Gasteiger partial charge in [0.15, 0.2) is 0 Å². The number of amidine groups is 1. The Balaban J connectivity index is 1.70. The van der Waals surface area contributed by atoms with Crippen molar-refractivity contribution >= 4 is 22.6 Å². The molecule has 0 aliphatic rings. The van der Waals surface area contributed by atoms with Gasteiger partial charge in [0.25, 0.3) is 0 Å². The Hall–Kier alpha value is -3.14. The lowest BCUT2D eigenvalue weighted by Gasteiger charge is -2.12. The molecule has 4 heteroatoms. The molecule has 0 radical (unpaired) electrons. The highest BCUT2D eigenvalue weighted by Gasteiger charge is 2.20. The van der Waals surface area contributed by atoms with Crippen LogP contribution >= 0.6 is 0 Å². The summed E-state index contributed by atoms with van der Waals surface area (Å²) in [4.78, 5) is 17.5. The van der Waals surface area contributed by atoms with Crippen LogP contribution in [0.3, 0.4) is 0 Å². The molecule has 0 saturated heterocycles. The Morgan fingerprint density at radius 2 is 1.69 bits per heavy atom. The van der Waals surface area contributed by atoms with E-state index in [1.54, 1.807) is 0 Å². The average molecular weight is 346 g/mol. The van der Waals surface area contributed by atoms with E-state index in [4.69, 9.17) is 10.6 Å². The van der Waals surface area contributed by atoms with Crippen LogP contribution in [0.5, 0.6) is 0 Å². The van der Waals surface area contributed by atoms with E-state index in [0.717, 1.165) is 21.9 Å². The molecule has 0 spiro atoms. The van der Waals surface area contributed by atoms with Gasteiger partial charge in [-0.2, -0.15) is 0 Å². The third-order valence-corrected chi connectivity index (χ3v) is 4.40. The van der Waals surface area contributed by atoms with Crippen molar-refractivity contribution in [3.05, 3.63) is 83.9 Å². The summed E-state index contributed by atoms with van der Waals surface area (Å²) in [7, 11) is 0. The minimum absolute atomic E-state index is 0.276. The van der Waals surface area contributed by atoms with Gasteiger partial charge in [0.2, 0.25) is 0 Å². The molecule has 1 atom stereocenters. The monoisotopic (exact) mass is 346 g/mol. The number of nitrogens with two attached hydrogens (primary N) is 1. The minimum atomic E-state index is -0.389. The molecule has 0 unspecified atom stereocenters. The molecule has 3 rings (SSSR count). The van der Waals surface area contributed by atoms with Crippen molar-refractivity contribution in [2.75, 3.05) is 0 Å². The Morgan fingerprint density at radius 1 is 1.00 bits per heavy atom. The molecular weight excluding hydrogens is 324 g/mol. The Bertz CT molecular complexity index is 914. The van der Waals surface area contributed by atoms with Crippen LogP contribution in [0, 0.1) is 0 Å². The molecule has 0 aliphatic carbocycles. The van der Waals surface area contributed by atoms with Crippen molar-refractivity contribution in [3.63, 3.8) is 0 Å². The fourth-order valence-corrected chi connectivity index (χ4v) is 3.07. The molecule has 4 nitrogen and oxygen atoms in total. The van der Waals surface area contributed by atoms with Gasteiger partial charge >= 0.3 is 5.97 Å². The van der Waals surface area contributed by atoms with Crippen molar-refractivity contribution < 1.29 is 9.63 Å². The second kappa shape index (κ2) is 8.30. The van der Waals surface area contributed by atoms with Gasteiger partial charge in [0, 0.05) is 6.42 Å². The second-order valence-electron chi connectivity index (χ2n) is 6.18. The zero-order valence-corrected chi connectivity index (χ0v) is 14.8. The van der Waals surface area contributed by atoms with Crippen LogP contribution in [0.1, 0.15) is 30.4 Å². The number of hydrogen-bond acceptors (Lipinski definition) is 3. The number of carbonyl (C=O) groups excluding carboxylic acids is 1. The smallest absolute Gasteiger partial charge is 0.342 e. The van der Waals surface area contributed by atoms with Crippen LogP contribution in [-0.2, 0) is 16.1 Å². The molecule has 0 amide bonds. The number of hydrogen-bond donors (Lipinski definition) is 1. The van der Waals surface area contributed by atoms with Crippen LogP contribution in [0.2, 0.25) is 0 Å². The number of rotatable bonds is 6. The Morgan fingerprint density at radius 3 is 2.46 bits per heavy atom. The molecule has 0 aliphatic heterocycles. The standard InChI is InChI=1S/C22H22N2O2/c1-2-19(16-9-4-3-5-10-16)22(25)26-24-21(23)15-18-13-8-12-17-11-6-7-14-20(17)18/h3-14,19H,2,15H2,1H3,(H2,23,24)/t19-/m1/s1. The lowest BCUT2D eigenvalue weighted by atomic mass is 9.97. The molecule has 132 valence electrons. The van der Waals surface area contributed by atoms with Gasteiger partial charge in [-0.05, 0) is 28.3 Å². The lowest BCUT2D eigenvalue weighted by Crippen LogP contribution is -2.19. The molecule has 0 aromatic heterocycles. The SMILES string of the molecule is CC[C@@H](C(=O)O/N=C(/N)Cc1cccc2ccccc12)c1ccccc1. The summed E-state index contributed by atoms with van der Waals surface area (Å²) in [6.45, 7) is 1.95. The predicted molar refractivity (Wildman–Crippen MR) is 105 cm³/mol. The summed E-state index contributed by atoms with van der Waals surface area (Å²) < 4.78 is 0. The van der Waals surface area contributed by atoms with Gasteiger partial charge in [-0.15, -0.1) is 0 Å². The maximum atomic E-state index is 12.4. The van der Waals surface area contributed by atoms with E-state index in [1.807, 2.05) is 67.6 Å². The van der Waals surface area contributed by atoms with Gasteiger partial charge in [0.1, 0.15) is 5.84 Å². The first kappa shape index (κ1) is 17.7. The zero-order chi connectivity index (χ0) is 18.4. The fourth-order valence-electron chi connectivity index (χ4n) is 3.07. The summed E-state index contributed by atoms with van der Waals surface area (Å²) in [5.41, 5.74) is 7.97. The lowest BCUT2D eigenvalue weighted by molar-refractivity contribution is -0.145. The molecule has 0 bridgehead atoms. The van der Waals surface area contributed by atoms with Gasteiger partial charge in [-0.25, -0.2) is 4.79 Å². The van der Waals surface area contributed by atoms with Gasteiger partial charge in [-0.3, -0.25) is 0 Å². The van der Waals surface area contributed by atoms with Gasteiger partial charge in [-0.1, -0.05) is 84.9 Å². The quantitative estimate of drug-likeness (QED) is 0.311. The highest BCUT2D eigenvalue weighted by atomic mass is 16.7. The number of benzene rings is 3. The third-order valence-electron chi connectivity index (χ3n) is 4.40. The van der Waals surface area contributed by atoms with E-state index in [1.165, 1.54) is 0 Å². The fraction of sp³-hybridized carbons (Fsp3) is 0.182. The Kier molecular flexibility index (Phi) is 5.64. The van der Waals surface area contributed by atoms with Crippen molar-refractivity contribution in [1.29, 1.82) is 0 Å². The highest BCUT2D eigenvalue weighted by molar-refractivity contribution is 5.91. The second-order valence-corrected chi connectivity index (χ2v) is 6.18. The first-order chi connectivity index (χ1) is 12.7. The molecule has 0 saturated carbocycles. The number of nitrogens with zero attached hydrogens (tertiary/aromatic N) is 1. The van der Waals surface area contributed by atoms with Crippen LogP contribution in [0.25, 0.3) is 10.8 Å².